The molecule has 23 heavy (non-hydrogen) atoms. The highest BCUT2D eigenvalue weighted by Gasteiger charge is 2.33. The standard InChI is InChI=1S/C17H25N3O3/c1-19(2)17(10-4-3-5-11-17)13-18-12-16(21)14-6-8-15(9-7-14)20(22)23/h6-9,18H,3-5,10-13H2,1-2H3. The molecule has 1 saturated carbocycles. The first-order chi connectivity index (χ1) is 10.9. The van der Waals surface area contributed by atoms with Crippen LogP contribution in [0.4, 0.5) is 5.69 Å². The number of likely N-dealkylation sites (N-methyl/N-ethyl adjacent to an activating group) is 1. The number of hydrogen-bond donors (Lipinski definition) is 1. The third kappa shape index (κ3) is 4.36. The molecule has 0 atom stereocenters. The number of nitrogens with zero attached hydrogens (tertiary/aromatic N) is 2. The van der Waals surface area contributed by atoms with E-state index in [1.807, 2.05) is 0 Å². The smallest absolute Gasteiger partial charge is 0.269 e. The second-order valence-electron chi connectivity index (χ2n) is 6.51. The van der Waals surface area contributed by atoms with E-state index in [9.17, 15) is 14.9 Å². The second kappa shape index (κ2) is 7.66. The number of carbonyl (C=O) groups excluding carboxylic acids is 1. The first-order valence-corrected chi connectivity index (χ1v) is 8.10. The summed E-state index contributed by atoms with van der Waals surface area (Å²) in [4.78, 5) is 24.6. The van der Waals surface area contributed by atoms with Crippen molar-refractivity contribution in [1.82, 2.24) is 10.2 Å². The van der Waals surface area contributed by atoms with Crippen LogP contribution < -0.4 is 5.32 Å². The van der Waals surface area contributed by atoms with Gasteiger partial charge >= 0.3 is 0 Å². The zero-order chi connectivity index (χ0) is 16.9. The van der Waals surface area contributed by atoms with E-state index in [0.717, 1.165) is 19.4 Å². The molecule has 0 unspecified atom stereocenters. The van der Waals surface area contributed by atoms with Gasteiger partial charge in [0.25, 0.3) is 5.69 Å². The number of ketones is 1. The Bertz CT molecular complexity index is 549. The molecule has 0 heterocycles. The average Bonchev–Trinajstić information content (AvgIpc) is 2.55. The molecular formula is C17H25N3O3. The van der Waals surface area contributed by atoms with Gasteiger partial charge in [0.15, 0.2) is 5.78 Å². The van der Waals surface area contributed by atoms with E-state index in [2.05, 4.69) is 24.3 Å². The zero-order valence-electron chi connectivity index (χ0n) is 13.9. The highest BCUT2D eigenvalue weighted by Crippen LogP contribution is 2.31. The molecule has 0 aromatic heterocycles. The molecule has 1 fully saturated rings. The van der Waals surface area contributed by atoms with Crippen molar-refractivity contribution in [3.05, 3.63) is 39.9 Å². The Balaban J connectivity index is 1.89. The molecule has 1 aliphatic carbocycles. The number of carbonyl (C=O) groups is 1. The molecule has 1 aromatic carbocycles. The van der Waals surface area contributed by atoms with Gasteiger partial charge in [-0.25, -0.2) is 0 Å². The molecule has 1 N–H and O–H groups in total. The number of rotatable bonds is 7. The molecule has 1 aromatic rings. The van der Waals surface area contributed by atoms with Gasteiger partial charge in [-0.15, -0.1) is 0 Å². The minimum Gasteiger partial charge on any atom is -0.308 e. The Morgan fingerprint density at radius 1 is 1.22 bits per heavy atom. The summed E-state index contributed by atoms with van der Waals surface area (Å²) in [5.74, 6) is -0.0374. The first kappa shape index (κ1) is 17.6. The predicted octanol–water partition coefficient (Wildman–Crippen LogP) is 2.63. The van der Waals surface area contributed by atoms with Crippen LogP contribution in [0.15, 0.2) is 24.3 Å². The third-order valence-electron chi connectivity index (χ3n) is 4.87. The van der Waals surface area contributed by atoms with Crippen LogP contribution in [0.25, 0.3) is 0 Å². The van der Waals surface area contributed by atoms with Crippen LogP contribution >= 0.6 is 0 Å². The van der Waals surface area contributed by atoms with Gasteiger partial charge in [0.2, 0.25) is 0 Å². The summed E-state index contributed by atoms with van der Waals surface area (Å²) in [6.07, 6.45) is 6.06. The molecule has 6 nitrogen and oxygen atoms in total. The number of non-ortho nitro benzene ring substituents is 1. The zero-order valence-corrected chi connectivity index (χ0v) is 13.9. The van der Waals surface area contributed by atoms with Crippen molar-refractivity contribution in [3.8, 4) is 0 Å². The van der Waals surface area contributed by atoms with Gasteiger partial charge in [0.05, 0.1) is 11.5 Å². The highest BCUT2D eigenvalue weighted by molar-refractivity contribution is 5.97. The van der Waals surface area contributed by atoms with Crippen molar-refractivity contribution in [2.24, 2.45) is 0 Å². The van der Waals surface area contributed by atoms with E-state index in [1.165, 1.54) is 43.5 Å². The predicted molar refractivity (Wildman–Crippen MR) is 89.8 cm³/mol. The highest BCUT2D eigenvalue weighted by atomic mass is 16.6. The van der Waals surface area contributed by atoms with Crippen LogP contribution in [0.1, 0.15) is 42.5 Å². The van der Waals surface area contributed by atoms with Crippen molar-refractivity contribution in [2.45, 2.75) is 37.6 Å². The van der Waals surface area contributed by atoms with E-state index in [1.54, 1.807) is 0 Å². The number of nitro benzene ring substituents is 1. The molecular weight excluding hydrogens is 294 g/mol. The summed E-state index contributed by atoms with van der Waals surface area (Å²) < 4.78 is 0. The van der Waals surface area contributed by atoms with Crippen molar-refractivity contribution >= 4 is 11.5 Å². The Morgan fingerprint density at radius 2 is 1.83 bits per heavy atom. The average molecular weight is 319 g/mol. The lowest BCUT2D eigenvalue weighted by Crippen LogP contribution is -2.53. The largest absolute Gasteiger partial charge is 0.308 e. The normalized spacial score (nSPS) is 17.2. The van der Waals surface area contributed by atoms with Crippen molar-refractivity contribution in [2.75, 3.05) is 27.2 Å². The fourth-order valence-electron chi connectivity index (χ4n) is 3.27. The Morgan fingerprint density at radius 3 is 2.35 bits per heavy atom. The Kier molecular flexibility index (Phi) is 5.85. The molecule has 2 rings (SSSR count). The van der Waals surface area contributed by atoms with Crippen LogP contribution in [-0.2, 0) is 0 Å². The molecule has 0 aliphatic heterocycles. The van der Waals surface area contributed by atoms with E-state index in [4.69, 9.17) is 0 Å². The minimum absolute atomic E-state index is 0.00303. The van der Waals surface area contributed by atoms with Crippen LogP contribution in [0.5, 0.6) is 0 Å². The first-order valence-electron chi connectivity index (χ1n) is 8.10. The van der Waals surface area contributed by atoms with Crippen molar-refractivity contribution < 1.29 is 9.72 Å². The molecule has 0 amide bonds. The summed E-state index contributed by atoms with van der Waals surface area (Å²) in [5.41, 5.74) is 0.641. The van der Waals surface area contributed by atoms with Crippen LogP contribution in [0.3, 0.4) is 0 Å². The van der Waals surface area contributed by atoms with Crippen molar-refractivity contribution in [1.29, 1.82) is 0 Å². The minimum atomic E-state index is -0.462. The van der Waals surface area contributed by atoms with E-state index >= 15 is 0 Å². The number of nitro groups is 1. The quantitative estimate of drug-likeness (QED) is 0.475. The van der Waals surface area contributed by atoms with E-state index in [-0.39, 0.29) is 23.6 Å². The topological polar surface area (TPSA) is 75.5 Å². The monoisotopic (exact) mass is 319 g/mol. The van der Waals surface area contributed by atoms with Crippen LogP contribution in [-0.4, -0.2) is 48.3 Å². The summed E-state index contributed by atoms with van der Waals surface area (Å²) in [6.45, 7) is 1.05. The summed E-state index contributed by atoms with van der Waals surface area (Å²) in [6, 6.07) is 5.78. The molecule has 1 aliphatic rings. The lowest BCUT2D eigenvalue weighted by Gasteiger charge is -2.43. The maximum absolute atomic E-state index is 12.2. The van der Waals surface area contributed by atoms with E-state index in [0.29, 0.717) is 5.56 Å². The van der Waals surface area contributed by atoms with Gasteiger partial charge in [-0.05, 0) is 39.1 Å². The molecule has 0 bridgehead atoms. The lowest BCUT2D eigenvalue weighted by atomic mass is 9.80. The van der Waals surface area contributed by atoms with Gasteiger partial charge in [-0.3, -0.25) is 14.9 Å². The Hall–Kier alpha value is -1.79. The van der Waals surface area contributed by atoms with E-state index < -0.39 is 4.92 Å². The lowest BCUT2D eigenvalue weighted by molar-refractivity contribution is -0.384. The molecule has 0 radical (unpaired) electrons. The maximum Gasteiger partial charge on any atom is 0.269 e. The molecule has 126 valence electrons. The molecule has 0 saturated heterocycles. The molecule has 0 spiro atoms. The van der Waals surface area contributed by atoms with Gasteiger partial charge in [-0.2, -0.15) is 0 Å². The summed E-state index contributed by atoms with van der Waals surface area (Å²) in [5, 5.41) is 13.9. The fourth-order valence-corrected chi connectivity index (χ4v) is 3.27. The van der Waals surface area contributed by atoms with Crippen LogP contribution in [0, 0.1) is 10.1 Å². The van der Waals surface area contributed by atoms with Gasteiger partial charge in [0.1, 0.15) is 0 Å². The van der Waals surface area contributed by atoms with Gasteiger partial charge in [0, 0.05) is 29.8 Å². The number of benzene rings is 1. The Labute approximate surface area is 137 Å². The third-order valence-corrected chi connectivity index (χ3v) is 4.87. The number of nitrogens with one attached hydrogen (secondary N) is 1. The van der Waals surface area contributed by atoms with Gasteiger partial charge in [-0.1, -0.05) is 19.3 Å². The van der Waals surface area contributed by atoms with Crippen LogP contribution in [0.2, 0.25) is 0 Å². The second-order valence-corrected chi connectivity index (χ2v) is 6.51. The fraction of sp³-hybridized carbons (Fsp3) is 0.588. The van der Waals surface area contributed by atoms with Gasteiger partial charge < -0.3 is 10.2 Å². The number of hydrogen-bond acceptors (Lipinski definition) is 5. The number of Topliss-reactive ketones (excluding diaryl/α,β-unsaturated/α-hetero) is 1. The SMILES string of the molecule is CN(C)C1(CNCC(=O)c2ccc([N+](=O)[O-])cc2)CCCCC1. The maximum atomic E-state index is 12.2. The summed E-state index contributed by atoms with van der Waals surface area (Å²) in [7, 11) is 4.20. The summed E-state index contributed by atoms with van der Waals surface area (Å²) >= 11 is 0. The molecule has 6 heteroatoms. The van der Waals surface area contributed by atoms with Crippen molar-refractivity contribution in [3.63, 3.8) is 0 Å².